The highest BCUT2D eigenvalue weighted by molar-refractivity contribution is 5.34. The first-order chi connectivity index (χ1) is 8.66. The van der Waals surface area contributed by atoms with Crippen LogP contribution in [0.1, 0.15) is 36.1 Å². The topological polar surface area (TPSA) is 41.5 Å². The number of benzene rings is 1. The van der Waals surface area contributed by atoms with Crippen LogP contribution in [0.15, 0.2) is 18.2 Å². The average Bonchev–Trinajstić information content (AvgIpc) is 2.36. The molecule has 0 spiro atoms. The number of aliphatic hydroxyl groups is 1. The lowest BCUT2D eigenvalue weighted by atomic mass is 9.98. The van der Waals surface area contributed by atoms with E-state index < -0.39 is 0 Å². The largest absolute Gasteiger partial charge is 0.394 e. The third-order valence-electron chi connectivity index (χ3n) is 3.26. The van der Waals surface area contributed by atoms with Crippen molar-refractivity contribution < 1.29 is 9.84 Å². The second-order valence-electron chi connectivity index (χ2n) is 4.65. The quantitative estimate of drug-likeness (QED) is 0.697. The highest BCUT2D eigenvalue weighted by Crippen LogP contribution is 2.19. The summed E-state index contributed by atoms with van der Waals surface area (Å²) in [6.45, 7) is 8.68. The first-order valence-corrected chi connectivity index (χ1v) is 6.65. The predicted octanol–water partition coefficient (Wildman–Crippen LogP) is 2.35. The molecule has 0 aliphatic carbocycles. The Morgan fingerprint density at radius 1 is 1.28 bits per heavy atom. The fraction of sp³-hybridized carbons (Fsp3) is 0.600. The van der Waals surface area contributed by atoms with Gasteiger partial charge in [-0.25, -0.2) is 0 Å². The van der Waals surface area contributed by atoms with E-state index in [1.54, 1.807) is 0 Å². The molecule has 0 aliphatic rings. The third-order valence-corrected chi connectivity index (χ3v) is 3.26. The molecular weight excluding hydrogens is 226 g/mol. The van der Waals surface area contributed by atoms with Crippen LogP contribution in [0.3, 0.4) is 0 Å². The van der Waals surface area contributed by atoms with Crippen molar-refractivity contribution in [3.8, 4) is 0 Å². The van der Waals surface area contributed by atoms with Gasteiger partial charge < -0.3 is 15.2 Å². The van der Waals surface area contributed by atoms with E-state index in [1.165, 1.54) is 16.7 Å². The highest BCUT2D eigenvalue weighted by Gasteiger charge is 2.08. The number of aliphatic hydroxyl groups excluding tert-OH is 1. The maximum Gasteiger partial charge on any atom is 0.0697 e. The van der Waals surface area contributed by atoms with Crippen molar-refractivity contribution in [2.45, 2.75) is 33.2 Å². The van der Waals surface area contributed by atoms with Gasteiger partial charge in [0.1, 0.15) is 0 Å². The summed E-state index contributed by atoms with van der Waals surface area (Å²) in [5, 5.41) is 12.1. The van der Waals surface area contributed by atoms with Gasteiger partial charge in [0.25, 0.3) is 0 Å². The van der Waals surface area contributed by atoms with Crippen LogP contribution >= 0.6 is 0 Å². The lowest BCUT2D eigenvalue weighted by Gasteiger charge is -2.17. The maximum atomic E-state index is 8.58. The van der Waals surface area contributed by atoms with Gasteiger partial charge >= 0.3 is 0 Å². The van der Waals surface area contributed by atoms with Gasteiger partial charge in [0.05, 0.1) is 13.2 Å². The molecule has 1 atom stereocenters. The van der Waals surface area contributed by atoms with Crippen molar-refractivity contribution in [1.82, 2.24) is 5.32 Å². The molecule has 1 aromatic rings. The predicted molar refractivity (Wildman–Crippen MR) is 74.9 cm³/mol. The van der Waals surface area contributed by atoms with E-state index in [0.29, 0.717) is 19.3 Å². The Bertz CT molecular complexity index is 352. The standard InChI is InChI=1S/C15H25NO2/c1-12-6-4-7-15(13(12)2)14(3)16-8-5-10-18-11-9-17/h4,6-7,14,16-17H,5,8-11H2,1-3H3. The molecule has 0 heterocycles. The normalized spacial score (nSPS) is 12.7. The minimum Gasteiger partial charge on any atom is -0.394 e. The van der Waals surface area contributed by atoms with Gasteiger partial charge in [-0.3, -0.25) is 0 Å². The summed E-state index contributed by atoms with van der Waals surface area (Å²) in [5.74, 6) is 0. The van der Waals surface area contributed by atoms with Crippen molar-refractivity contribution in [1.29, 1.82) is 0 Å². The lowest BCUT2D eigenvalue weighted by Crippen LogP contribution is -2.22. The van der Waals surface area contributed by atoms with Crippen LogP contribution in [0, 0.1) is 13.8 Å². The van der Waals surface area contributed by atoms with Gasteiger partial charge in [0, 0.05) is 12.6 Å². The van der Waals surface area contributed by atoms with Crippen LogP contribution in [0.25, 0.3) is 0 Å². The molecule has 2 N–H and O–H groups in total. The molecule has 0 amide bonds. The zero-order valence-corrected chi connectivity index (χ0v) is 11.7. The van der Waals surface area contributed by atoms with Crippen LogP contribution in [-0.2, 0) is 4.74 Å². The van der Waals surface area contributed by atoms with Crippen molar-refractivity contribution in [3.63, 3.8) is 0 Å². The van der Waals surface area contributed by atoms with Crippen LogP contribution in [0.4, 0.5) is 0 Å². The molecule has 3 heteroatoms. The van der Waals surface area contributed by atoms with E-state index in [-0.39, 0.29) is 6.61 Å². The summed E-state index contributed by atoms with van der Waals surface area (Å²) in [6, 6.07) is 6.80. The van der Waals surface area contributed by atoms with E-state index in [9.17, 15) is 0 Å². The van der Waals surface area contributed by atoms with Crippen LogP contribution in [0.2, 0.25) is 0 Å². The van der Waals surface area contributed by atoms with Crippen LogP contribution in [0.5, 0.6) is 0 Å². The molecule has 0 saturated heterocycles. The summed E-state index contributed by atoms with van der Waals surface area (Å²) >= 11 is 0. The molecule has 0 saturated carbocycles. The molecule has 1 aromatic carbocycles. The Kier molecular flexibility index (Phi) is 6.94. The van der Waals surface area contributed by atoms with Crippen LogP contribution < -0.4 is 5.32 Å². The fourth-order valence-electron chi connectivity index (χ4n) is 2.01. The molecule has 0 radical (unpaired) electrons. The van der Waals surface area contributed by atoms with Crippen molar-refractivity contribution in [2.75, 3.05) is 26.4 Å². The highest BCUT2D eigenvalue weighted by atomic mass is 16.5. The molecule has 0 aromatic heterocycles. The molecule has 1 rings (SSSR count). The summed E-state index contributed by atoms with van der Waals surface area (Å²) in [4.78, 5) is 0. The molecule has 0 aliphatic heterocycles. The zero-order chi connectivity index (χ0) is 13.4. The second kappa shape index (κ2) is 8.25. The number of hydrogen-bond donors (Lipinski definition) is 2. The molecule has 3 nitrogen and oxygen atoms in total. The van der Waals surface area contributed by atoms with Crippen molar-refractivity contribution in [2.24, 2.45) is 0 Å². The first kappa shape index (κ1) is 15.2. The number of aryl methyl sites for hydroxylation is 1. The van der Waals surface area contributed by atoms with Gasteiger partial charge in [0.2, 0.25) is 0 Å². The second-order valence-corrected chi connectivity index (χ2v) is 4.65. The average molecular weight is 251 g/mol. The Labute approximate surface area is 110 Å². The summed E-state index contributed by atoms with van der Waals surface area (Å²) in [5.41, 5.74) is 4.08. The molecule has 18 heavy (non-hydrogen) atoms. The van der Waals surface area contributed by atoms with Gasteiger partial charge in [-0.05, 0) is 50.4 Å². The summed E-state index contributed by atoms with van der Waals surface area (Å²) in [6.07, 6.45) is 0.967. The summed E-state index contributed by atoms with van der Waals surface area (Å²) < 4.78 is 5.22. The Balaban J connectivity index is 2.32. The Morgan fingerprint density at radius 3 is 2.78 bits per heavy atom. The Hall–Kier alpha value is -0.900. The number of ether oxygens (including phenoxy) is 1. The lowest BCUT2D eigenvalue weighted by molar-refractivity contribution is 0.0904. The van der Waals surface area contributed by atoms with Gasteiger partial charge in [-0.15, -0.1) is 0 Å². The fourth-order valence-corrected chi connectivity index (χ4v) is 2.01. The van der Waals surface area contributed by atoms with Gasteiger partial charge in [0.15, 0.2) is 0 Å². The SMILES string of the molecule is Cc1cccc(C(C)NCCCOCCO)c1C. The minimum atomic E-state index is 0.103. The smallest absolute Gasteiger partial charge is 0.0697 e. The van der Waals surface area contributed by atoms with Crippen LogP contribution in [-0.4, -0.2) is 31.5 Å². The number of rotatable bonds is 8. The van der Waals surface area contributed by atoms with E-state index >= 15 is 0 Å². The minimum absolute atomic E-state index is 0.103. The number of nitrogens with one attached hydrogen (secondary N) is 1. The van der Waals surface area contributed by atoms with Gasteiger partial charge in [-0.1, -0.05) is 18.2 Å². The Morgan fingerprint density at radius 2 is 2.06 bits per heavy atom. The molecule has 0 fully saturated rings. The summed E-state index contributed by atoms with van der Waals surface area (Å²) in [7, 11) is 0. The third kappa shape index (κ3) is 4.77. The van der Waals surface area contributed by atoms with Gasteiger partial charge in [-0.2, -0.15) is 0 Å². The van der Waals surface area contributed by atoms with Crippen molar-refractivity contribution >= 4 is 0 Å². The first-order valence-electron chi connectivity index (χ1n) is 6.65. The van der Waals surface area contributed by atoms with E-state index in [1.807, 2.05) is 0 Å². The molecular formula is C15H25NO2. The van der Waals surface area contributed by atoms with E-state index in [0.717, 1.165) is 13.0 Å². The molecule has 1 unspecified atom stereocenters. The molecule has 0 bridgehead atoms. The van der Waals surface area contributed by atoms with E-state index in [2.05, 4.69) is 44.3 Å². The number of hydrogen-bond acceptors (Lipinski definition) is 3. The van der Waals surface area contributed by atoms with E-state index in [4.69, 9.17) is 9.84 Å². The monoisotopic (exact) mass is 251 g/mol. The van der Waals surface area contributed by atoms with Crippen molar-refractivity contribution in [3.05, 3.63) is 34.9 Å². The maximum absolute atomic E-state index is 8.58. The zero-order valence-electron chi connectivity index (χ0n) is 11.7. The molecule has 102 valence electrons.